The number of H-pyrrole nitrogens is 1. The lowest BCUT2D eigenvalue weighted by Gasteiger charge is -2.34. The van der Waals surface area contributed by atoms with Crippen molar-refractivity contribution in [2.75, 3.05) is 63.1 Å². The Bertz CT molecular complexity index is 1480. The van der Waals surface area contributed by atoms with Gasteiger partial charge in [-0.15, -0.1) is 0 Å². The van der Waals surface area contributed by atoms with Gasteiger partial charge in [0, 0.05) is 61.9 Å². The van der Waals surface area contributed by atoms with Crippen LogP contribution in [0.25, 0.3) is 22.3 Å². The first-order valence-corrected chi connectivity index (χ1v) is 14.0. The van der Waals surface area contributed by atoms with Crippen LogP contribution in [0.4, 0.5) is 11.4 Å². The van der Waals surface area contributed by atoms with Crippen molar-refractivity contribution in [3.05, 3.63) is 73.1 Å². The highest BCUT2D eigenvalue weighted by Gasteiger charge is 2.16. The van der Waals surface area contributed by atoms with Crippen molar-refractivity contribution in [2.45, 2.75) is 12.8 Å². The van der Waals surface area contributed by atoms with Gasteiger partial charge in [0.1, 0.15) is 17.7 Å². The molecule has 2 fully saturated rings. The molecule has 0 atom stereocenters. The fourth-order valence-corrected chi connectivity index (χ4v) is 5.28. The molecule has 9 heteroatoms. The Kier molecular flexibility index (Phi) is 7.74. The van der Waals surface area contributed by atoms with Gasteiger partial charge >= 0.3 is 0 Å². The summed E-state index contributed by atoms with van der Waals surface area (Å²) in [5.41, 5.74) is 4.63. The van der Waals surface area contributed by atoms with Crippen LogP contribution < -0.4 is 15.0 Å². The fraction of sp³-hybridized carbons (Fsp3) is 0.323. The number of fused-ring (bicyclic) bond motifs is 1. The zero-order chi connectivity index (χ0) is 27.3. The second-order valence-corrected chi connectivity index (χ2v) is 10.5. The number of likely N-dealkylation sites (tertiary alicyclic amines) is 1. The highest BCUT2D eigenvalue weighted by atomic mass is 16.5. The number of aromatic amines is 1. The second kappa shape index (κ2) is 11.9. The molecule has 2 N–H and O–H groups in total. The maximum Gasteiger partial charge on any atom is 0.248 e. The van der Waals surface area contributed by atoms with E-state index in [-0.39, 0.29) is 5.91 Å². The average Bonchev–Trinajstić information content (AvgIpc) is 3.65. The van der Waals surface area contributed by atoms with E-state index in [0.717, 1.165) is 62.5 Å². The van der Waals surface area contributed by atoms with E-state index in [0.29, 0.717) is 23.0 Å². The van der Waals surface area contributed by atoms with Gasteiger partial charge < -0.3 is 24.8 Å². The van der Waals surface area contributed by atoms with Crippen molar-refractivity contribution >= 4 is 28.3 Å². The standard InChI is InChI=1S/C31H35N7O2/c1-36-16-18-38(19-17-36)25-11-9-23(10-12-25)28-21-27-30(35-28)32-22-33-31(27)40-26-7-4-6-24(20-26)34-29(39)8-5-15-37-13-2-3-14-37/h4-12,20-22H,2-3,13-19H2,1H3,(H,34,39)(H,32,33,35). The molecule has 0 saturated carbocycles. The van der Waals surface area contributed by atoms with E-state index in [4.69, 9.17) is 4.74 Å². The highest BCUT2D eigenvalue weighted by Crippen LogP contribution is 2.32. The molecule has 4 aromatic rings. The largest absolute Gasteiger partial charge is 0.438 e. The lowest BCUT2D eigenvalue weighted by Crippen LogP contribution is -2.44. The number of nitrogens with zero attached hydrogens (tertiary/aromatic N) is 5. The molecule has 206 valence electrons. The van der Waals surface area contributed by atoms with Gasteiger partial charge in [-0.2, -0.15) is 0 Å². The first-order valence-electron chi connectivity index (χ1n) is 14.0. The summed E-state index contributed by atoms with van der Waals surface area (Å²) in [7, 11) is 2.17. The van der Waals surface area contributed by atoms with Crippen molar-refractivity contribution in [1.82, 2.24) is 24.8 Å². The van der Waals surface area contributed by atoms with E-state index in [1.165, 1.54) is 24.9 Å². The molecule has 1 amide bonds. The lowest BCUT2D eigenvalue weighted by molar-refractivity contribution is -0.111. The summed E-state index contributed by atoms with van der Waals surface area (Å²) >= 11 is 0. The smallest absolute Gasteiger partial charge is 0.248 e. The summed E-state index contributed by atoms with van der Waals surface area (Å²) in [5, 5.41) is 3.71. The monoisotopic (exact) mass is 537 g/mol. The quantitative estimate of drug-likeness (QED) is 0.313. The Morgan fingerprint density at radius 2 is 1.80 bits per heavy atom. The molecule has 6 rings (SSSR count). The molecule has 0 aliphatic carbocycles. The van der Waals surface area contributed by atoms with Crippen LogP contribution in [0, 0.1) is 0 Å². The minimum atomic E-state index is -0.158. The lowest BCUT2D eigenvalue weighted by atomic mass is 10.1. The van der Waals surface area contributed by atoms with Gasteiger partial charge in [-0.1, -0.05) is 24.3 Å². The predicted molar refractivity (Wildman–Crippen MR) is 159 cm³/mol. The van der Waals surface area contributed by atoms with E-state index in [1.54, 1.807) is 12.1 Å². The first kappa shape index (κ1) is 26.0. The van der Waals surface area contributed by atoms with Gasteiger partial charge in [-0.05, 0) is 68.9 Å². The summed E-state index contributed by atoms with van der Waals surface area (Å²) in [6, 6.07) is 18.0. The number of piperazine rings is 1. The SMILES string of the molecule is CN1CCN(c2ccc(-c3cc4c(Oc5cccc(NC(=O)C=CCN6CCCC6)c5)ncnc4[nH]3)cc2)CC1. The molecule has 9 nitrogen and oxygen atoms in total. The van der Waals surface area contributed by atoms with Gasteiger partial charge in [0.15, 0.2) is 0 Å². The number of carbonyl (C=O) groups is 1. The van der Waals surface area contributed by atoms with E-state index < -0.39 is 0 Å². The van der Waals surface area contributed by atoms with Crippen LogP contribution in [0.1, 0.15) is 12.8 Å². The van der Waals surface area contributed by atoms with Crippen molar-refractivity contribution in [1.29, 1.82) is 0 Å². The van der Waals surface area contributed by atoms with Gasteiger partial charge in [-0.25, -0.2) is 9.97 Å². The Balaban J connectivity index is 1.13. The number of likely N-dealkylation sites (N-methyl/N-ethyl adjacent to an activating group) is 1. The summed E-state index contributed by atoms with van der Waals surface area (Å²) in [6.45, 7) is 7.25. The molecular formula is C31H35N7O2. The van der Waals surface area contributed by atoms with Crippen molar-refractivity contribution in [2.24, 2.45) is 0 Å². The van der Waals surface area contributed by atoms with E-state index in [1.807, 2.05) is 30.3 Å². The summed E-state index contributed by atoms with van der Waals surface area (Å²) < 4.78 is 6.16. The van der Waals surface area contributed by atoms with Crippen LogP contribution in [0.3, 0.4) is 0 Å². The van der Waals surface area contributed by atoms with Gasteiger partial charge in [0.2, 0.25) is 11.8 Å². The fourth-order valence-electron chi connectivity index (χ4n) is 5.28. The molecule has 0 spiro atoms. The maximum atomic E-state index is 12.4. The number of amides is 1. The van der Waals surface area contributed by atoms with Crippen molar-refractivity contribution in [3.63, 3.8) is 0 Å². The van der Waals surface area contributed by atoms with Crippen molar-refractivity contribution < 1.29 is 9.53 Å². The first-order chi connectivity index (χ1) is 19.6. The zero-order valence-corrected chi connectivity index (χ0v) is 22.8. The molecule has 2 aromatic heterocycles. The molecule has 2 aromatic carbocycles. The number of anilines is 2. The van der Waals surface area contributed by atoms with Gasteiger partial charge in [-0.3, -0.25) is 9.69 Å². The van der Waals surface area contributed by atoms with Crippen LogP contribution >= 0.6 is 0 Å². The van der Waals surface area contributed by atoms with E-state index in [9.17, 15) is 4.79 Å². The topological polar surface area (TPSA) is 89.6 Å². The maximum absolute atomic E-state index is 12.4. The summed E-state index contributed by atoms with van der Waals surface area (Å²) in [4.78, 5) is 31.7. The predicted octanol–water partition coefficient (Wildman–Crippen LogP) is 4.76. The molecule has 0 radical (unpaired) electrons. The Labute approximate surface area is 234 Å². The van der Waals surface area contributed by atoms with Crippen molar-refractivity contribution in [3.8, 4) is 22.9 Å². The van der Waals surface area contributed by atoms with Crippen LogP contribution in [0.5, 0.6) is 11.6 Å². The Morgan fingerprint density at radius 3 is 2.60 bits per heavy atom. The van der Waals surface area contributed by atoms with Gasteiger partial charge in [0.05, 0.1) is 5.39 Å². The van der Waals surface area contributed by atoms with Crippen LogP contribution in [0.15, 0.2) is 73.1 Å². The number of benzene rings is 2. The molecule has 2 aliphatic heterocycles. The third-order valence-corrected chi connectivity index (χ3v) is 7.58. The Hall–Kier alpha value is -4.21. The second-order valence-electron chi connectivity index (χ2n) is 10.5. The number of hydrogen-bond acceptors (Lipinski definition) is 7. The highest BCUT2D eigenvalue weighted by molar-refractivity contribution is 5.99. The minimum Gasteiger partial charge on any atom is -0.438 e. The van der Waals surface area contributed by atoms with Gasteiger partial charge in [0.25, 0.3) is 0 Å². The van der Waals surface area contributed by atoms with E-state index >= 15 is 0 Å². The summed E-state index contributed by atoms with van der Waals surface area (Å²) in [6.07, 6.45) is 7.48. The third-order valence-electron chi connectivity index (χ3n) is 7.58. The molecule has 2 saturated heterocycles. The number of aromatic nitrogens is 3. The van der Waals surface area contributed by atoms with Crippen LogP contribution in [0.2, 0.25) is 0 Å². The van der Waals surface area contributed by atoms with Crippen LogP contribution in [-0.2, 0) is 4.79 Å². The number of ether oxygens (including phenoxy) is 1. The molecular weight excluding hydrogens is 502 g/mol. The molecule has 2 aliphatic rings. The normalized spacial score (nSPS) is 16.7. The number of rotatable bonds is 8. The number of carbonyl (C=O) groups excluding carboxylic acids is 1. The average molecular weight is 538 g/mol. The van der Waals surface area contributed by atoms with E-state index in [2.05, 4.69) is 66.3 Å². The molecule has 0 bridgehead atoms. The number of nitrogens with one attached hydrogen (secondary N) is 2. The third kappa shape index (κ3) is 6.16. The molecule has 4 heterocycles. The zero-order valence-electron chi connectivity index (χ0n) is 22.8. The Morgan fingerprint density at radius 1 is 1.00 bits per heavy atom. The minimum absolute atomic E-state index is 0.158. The summed E-state index contributed by atoms with van der Waals surface area (Å²) in [5.74, 6) is 0.878. The molecule has 40 heavy (non-hydrogen) atoms. The van der Waals surface area contributed by atoms with Crippen LogP contribution in [-0.4, -0.2) is 83.5 Å². The number of hydrogen-bond donors (Lipinski definition) is 2. The molecule has 0 unspecified atom stereocenters.